The van der Waals surface area contributed by atoms with E-state index in [1.165, 1.54) is 24.3 Å². The average Bonchev–Trinajstić information content (AvgIpc) is 3.12. The molecule has 2 N–H and O–H groups in total. The predicted octanol–water partition coefficient (Wildman–Crippen LogP) is 3.68. The molecule has 0 radical (unpaired) electrons. The summed E-state index contributed by atoms with van der Waals surface area (Å²) < 4.78 is 38.8. The number of anilines is 3. The Morgan fingerprint density at radius 1 is 1.00 bits per heavy atom. The lowest BCUT2D eigenvalue weighted by atomic mass is 10.3. The van der Waals surface area contributed by atoms with Crippen LogP contribution in [0.4, 0.5) is 26.2 Å². The van der Waals surface area contributed by atoms with E-state index in [0.29, 0.717) is 17.1 Å². The lowest BCUT2D eigenvalue weighted by Crippen LogP contribution is -2.12. The van der Waals surface area contributed by atoms with E-state index in [4.69, 9.17) is 9.15 Å². The summed E-state index contributed by atoms with van der Waals surface area (Å²) >= 11 is 0. The largest absolute Gasteiger partial charge is 0.497 e. The number of benzene rings is 2. The molecule has 0 atom stereocenters. The van der Waals surface area contributed by atoms with E-state index in [9.17, 15) is 13.6 Å². The zero-order valence-electron chi connectivity index (χ0n) is 14.0. The third kappa shape index (κ3) is 4.91. The molecule has 3 aromatic rings. The number of methoxy groups -OCH3 is 1. The fourth-order valence-corrected chi connectivity index (χ4v) is 2.07. The Morgan fingerprint density at radius 3 is 2.26 bits per heavy atom. The van der Waals surface area contributed by atoms with Crippen LogP contribution in [0.25, 0.3) is 0 Å². The molecule has 0 aliphatic rings. The van der Waals surface area contributed by atoms with Gasteiger partial charge in [-0.25, -0.2) is 0 Å². The smallest absolute Gasteiger partial charge is 0.387 e. The van der Waals surface area contributed by atoms with Crippen LogP contribution >= 0.6 is 0 Å². The molecule has 1 aromatic heterocycles. The lowest BCUT2D eigenvalue weighted by molar-refractivity contribution is -0.0498. The molecule has 0 saturated carbocycles. The van der Waals surface area contributed by atoms with Gasteiger partial charge in [-0.3, -0.25) is 4.79 Å². The first-order valence-electron chi connectivity index (χ1n) is 7.64. The van der Waals surface area contributed by atoms with Gasteiger partial charge in [0.1, 0.15) is 11.5 Å². The molecule has 27 heavy (non-hydrogen) atoms. The summed E-state index contributed by atoms with van der Waals surface area (Å²) in [5.41, 5.74) is 1.02. The number of hydrogen-bond donors (Lipinski definition) is 2. The maximum atomic E-state index is 12.1. The summed E-state index contributed by atoms with van der Waals surface area (Å²) in [5.74, 6) is -0.157. The van der Waals surface area contributed by atoms with Crippen LogP contribution in [-0.4, -0.2) is 29.8 Å². The van der Waals surface area contributed by atoms with Crippen LogP contribution in [0.5, 0.6) is 11.5 Å². The van der Waals surface area contributed by atoms with Crippen molar-refractivity contribution in [2.24, 2.45) is 0 Å². The Bertz CT molecular complexity index is 898. The Balaban J connectivity index is 1.60. The predicted molar refractivity (Wildman–Crippen MR) is 91.6 cm³/mol. The van der Waals surface area contributed by atoms with Crippen LogP contribution in [0.3, 0.4) is 0 Å². The average molecular weight is 376 g/mol. The van der Waals surface area contributed by atoms with Crippen LogP contribution in [0, 0.1) is 0 Å². The molecule has 0 spiro atoms. The van der Waals surface area contributed by atoms with Crippen molar-refractivity contribution in [1.29, 1.82) is 0 Å². The molecule has 140 valence electrons. The van der Waals surface area contributed by atoms with Gasteiger partial charge in [0.05, 0.1) is 7.11 Å². The first kappa shape index (κ1) is 18.1. The second-order valence-corrected chi connectivity index (χ2v) is 5.12. The molecule has 0 aliphatic heterocycles. The monoisotopic (exact) mass is 376 g/mol. The van der Waals surface area contributed by atoms with Gasteiger partial charge in [-0.15, -0.1) is 5.10 Å². The highest BCUT2D eigenvalue weighted by atomic mass is 19.3. The molecule has 8 nitrogen and oxygen atoms in total. The number of hydrogen-bond acceptors (Lipinski definition) is 7. The number of ether oxygens (including phenoxy) is 2. The molecule has 1 amide bonds. The maximum Gasteiger partial charge on any atom is 0.387 e. The van der Waals surface area contributed by atoms with E-state index in [1.54, 1.807) is 31.4 Å². The van der Waals surface area contributed by atoms with Crippen LogP contribution in [0.2, 0.25) is 0 Å². The topological polar surface area (TPSA) is 98.5 Å². The molecule has 0 unspecified atom stereocenters. The molecule has 0 saturated heterocycles. The normalized spacial score (nSPS) is 10.5. The van der Waals surface area contributed by atoms with Gasteiger partial charge in [0.25, 0.3) is 0 Å². The lowest BCUT2D eigenvalue weighted by Gasteiger charge is -2.05. The standard InChI is InChI=1S/C17H14F2N4O4/c1-25-12-6-2-10(3-7-12)20-14(24)15-22-23-17(27-15)21-11-4-8-13(9-5-11)26-16(18)19/h2-9,16H,1H3,(H,20,24)(H,21,23). The summed E-state index contributed by atoms with van der Waals surface area (Å²) in [4.78, 5) is 12.1. The van der Waals surface area contributed by atoms with Crippen LogP contribution in [0.15, 0.2) is 52.9 Å². The highest BCUT2D eigenvalue weighted by molar-refractivity contribution is 6.00. The van der Waals surface area contributed by atoms with Gasteiger partial charge in [0.15, 0.2) is 0 Å². The van der Waals surface area contributed by atoms with Gasteiger partial charge in [0, 0.05) is 11.4 Å². The van der Waals surface area contributed by atoms with E-state index < -0.39 is 12.5 Å². The summed E-state index contributed by atoms with van der Waals surface area (Å²) in [6, 6.07) is 12.3. The van der Waals surface area contributed by atoms with E-state index in [2.05, 4.69) is 25.6 Å². The van der Waals surface area contributed by atoms with Crippen LogP contribution in [0.1, 0.15) is 10.7 Å². The number of rotatable bonds is 7. The fraction of sp³-hybridized carbons (Fsp3) is 0.118. The van der Waals surface area contributed by atoms with E-state index in [1.807, 2.05) is 0 Å². The molecule has 10 heteroatoms. The van der Waals surface area contributed by atoms with E-state index in [0.717, 1.165) is 0 Å². The molecule has 2 aromatic carbocycles. The Morgan fingerprint density at radius 2 is 1.63 bits per heavy atom. The zero-order valence-corrected chi connectivity index (χ0v) is 14.0. The van der Waals surface area contributed by atoms with Crippen molar-refractivity contribution >= 4 is 23.3 Å². The summed E-state index contributed by atoms with van der Waals surface area (Å²) in [6.45, 7) is -2.90. The second kappa shape index (κ2) is 8.13. The van der Waals surface area contributed by atoms with Gasteiger partial charge in [0.2, 0.25) is 0 Å². The van der Waals surface area contributed by atoms with E-state index in [-0.39, 0.29) is 17.7 Å². The number of alkyl halides is 2. The number of aromatic nitrogens is 2. The number of nitrogens with zero attached hydrogens (tertiary/aromatic N) is 2. The van der Waals surface area contributed by atoms with Gasteiger partial charge >= 0.3 is 24.4 Å². The van der Waals surface area contributed by atoms with Gasteiger partial charge in [-0.2, -0.15) is 8.78 Å². The molecular weight excluding hydrogens is 362 g/mol. The van der Waals surface area contributed by atoms with E-state index >= 15 is 0 Å². The molecular formula is C17H14F2N4O4. The molecule has 0 fully saturated rings. The number of amides is 1. The molecule has 0 aliphatic carbocycles. The highest BCUT2D eigenvalue weighted by Crippen LogP contribution is 2.21. The van der Waals surface area contributed by atoms with Gasteiger partial charge in [-0.1, -0.05) is 5.10 Å². The minimum Gasteiger partial charge on any atom is -0.497 e. The minimum atomic E-state index is -2.90. The first-order chi connectivity index (χ1) is 13.0. The number of carbonyl (C=O) groups is 1. The zero-order chi connectivity index (χ0) is 19.2. The van der Waals surface area contributed by atoms with Crippen molar-refractivity contribution in [3.63, 3.8) is 0 Å². The van der Waals surface area contributed by atoms with Crippen LogP contribution < -0.4 is 20.1 Å². The van der Waals surface area contributed by atoms with Gasteiger partial charge < -0.3 is 24.5 Å². The Kier molecular flexibility index (Phi) is 5.45. The number of carbonyl (C=O) groups excluding carboxylic acids is 1. The van der Waals surface area contributed by atoms with Crippen molar-refractivity contribution in [2.75, 3.05) is 17.7 Å². The van der Waals surface area contributed by atoms with Crippen LogP contribution in [-0.2, 0) is 0 Å². The van der Waals surface area contributed by atoms with Crippen molar-refractivity contribution in [3.05, 3.63) is 54.4 Å². The van der Waals surface area contributed by atoms with Gasteiger partial charge in [-0.05, 0) is 48.5 Å². The molecule has 3 rings (SSSR count). The fourth-order valence-electron chi connectivity index (χ4n) is 2.07. The maximum absolute atomic E-state index is 12.1. The summed E-state index contributed by atoms with van der Waals surface area (Å²) in [6.07, 6.45) is 0. The molecule has 0 bridgehead atoms. The third-order valence-electron chi connectivity index (χ3n) is 3.30. The summed E-state index contributed by atoms with van der Waals surface area (Å²) in [5, 5.41) is 12.7. The minimum absolute atomic E-state index is 0.0145. The second-order valence-electron chi connectivity index (χ2n) is 5.12. The third-order valence-corrected chi connectivity index (χ3v) is 3.30. The first-order valence-corrected chi connectivity index (χ1v) is 7.64. The summed E-state index contributed by atoms with van der Waals surface area (Å²) in [7, 11) is 1.54. The van der Waals surface area contributed by atoms with Crippen molar-refractivity contribution < 1.29 is 27.5 Å². The Labute approximate surface area is 152 Å². The SMILES string of the molecule is COc1ccc(NC(=O)c2nnc(Nc3ccc(OC(F)F)cc3)o2)cc1. The van der Waals surface area contributed by atoms with Crippen molar-refractivity contribution in [2.45, 2.75) is 6.61 Å². The number of halogens is 2. The number of nitrogens with one attached hydrogen (secondary N) is 2. The Hall–Kier alpha value is -3.69. The molecule has 1 heterocycles. The quantitative estimate of drug-likeness (QED) is 0.649. The van der Waals surface area contributed by atoms with Crippen molar-refractivity contribution in [3.8, 4) is 11.5 Å². The van der Waals surface area contributed by atoms with Crippen molar-refractivity contribution in [1.82, 2.24) is 10.2 Å². The highest BCUT2D eigenvalue weighted by Gasteiger charge is 2.15.